The van der Waals surface area contributed by atoms with E-state index in [0.717, 1.165) is 17.0 Å². The SMILES string of the molecule is COc1ccccc1NC(=O)CN1N=NC2C(=O)N(c3ccc(F)cc3)C(=O)C21. The molecule has 1 N–H and O–H groups in total. The number of imide groups is 1. The number of hydrogen-bond donors (Lipinski definition) is 1. The van der Waals surface area contributed by atoms with E-state index in [9.17, 15) is 18.8 Å². The minimum Gasteiger partial charge on any atom is -0.495 e. The molecule has 1 saturated heterocycles. The number of carbonyl (C=O) groups excluding carboxylic acids is 3. The monoisotopic (exact) mass is 397 g/mol. The van der Waals surface area contributed by atoms with Crippen molar-refractivity contribution in [2.75, 3.05) is 23.9 Å². The molecule has 2 aromatic rings. The Morgan fingerprint density at radius 3 is 2.59 bits per heavy atom. The average Bonchev–Trinajstić information content (AvgIpc) is 3.23. The molecule has 0 saturated carbocycles. The number of fused-ring (bicyclic) bond motifs is 1. The molecule has 0 aromatic heterocycles. The predicted octanol–water partition coefficient (Wildman–Crippen LogP) is 1.77. The van der Waals surface area contributed by atoms with Gasteiger partial charge in [0.05, 0.1) is 18.5 Å². The van der Waals surface area contributed by atoms with E-state index in [0.29, 0.717) is 11.4 Å². The van der Waals surface area contributed by atoms with Gasteiger partial charge in [-0.15, -0.1) is 0 Å². The first kappa shape index (κ1) is 18.5. The van der Waals surface area contributed by atoms with Crippen LogP contribution < -0.4 is 15.0 Å². The molecule has 0 aliphatic carbocycles. The number of methoxy groups -OCH3 is 1. The van der Waals surface area contributed by atoms with Crippen molar-refractivity contribution in [2.24, 2.45) is 10.3 Å². The van der Waals surface area contributed by atoms with Crippen LogP contribution >= 0.6 is 0 Å². The van der Waals surface area contributed by atoms with Gasteiger partial charge in [0, 0.05) is 0 Å². The highest BCUT2D eigenvalue weighted by Crippen LogP contribution is 2.32. The molecule has 10 heteroatoms. The molecule has 2 atom stereocenters. The molecule has 2 heterocycles. The first-order valence-electron chi connectivity index (χ1n) is 8.73. The van der Waals surface area contributed by atoms with E-state index < -0.39 is 35.6 Å². The Kier molecular flexibility index (Phi) is 4.67. The Hall–Kier alpha value is -3.82. The largest absolute Gasteiger partial charge is 0.495 e. The zero-order valence-corrected chi connectivity index (χ0v) is 15.3. The summed E-state index contributed by atoms with van der Waals surface area (Å²) in [7, 11) is 1.48. The number of rotatable bonds is 5. The molecule has 0 spiro atoms. The van der Waals surface area contributed by atoms with Crippen LogP contribution in [-0.4, -0.2) is 48.5 Å². The molecule has 29 heavy (non-hydrogen) atoms. The number of para-hydroxylation sites is 2. The summed E-state index contributed by atoms with van der Waals surface area (Å²) < 4.78 is 18.3. The smallest absolute Gasteiger partial charge is 0.263 e. The summed E-state index contributed by atoms with van der Waals surface area (Å²) in [6, 6.07) is 9.80. The quantitative estimate of drug-likeness (QED) is 0.775. The van der Waals surface area contributed by atoms with Crippen LogP contribution in [0.3, 0.4) is 0 Å². The Bertz CT molecular complexity index is 1010. The maximum absolute atomic E-state index is 13.2. The van der Waals surface area contributed by atoms with Gasteiger partial charge in [-0.05, 0) is 36.4 Å². The van der Waals surface area contributed by atoms with Gasteiger partial charge in [-0.3, -0.25) is 19.4 Å². The fourth-order valence-electron chi connectivity index (χ4n) is 3.28. The molecule has 2 aliphatic rings. The number of amides is 3. The number of nitrogens with one attached hydrogen (secondary N) is 1. The molecule has 2 aliphatic heterocycles. The Balaban J connectivity index is 1.49. The third-order valence-electron chi connectivity index (χ3n) is 4.63. The maximum atomic E-state index is 13.2. The standard InChI is InChI=1S/C19H16FN5O4/c1-29-14-5-3-2-4-13(14)21-15(26)10-24-17-16(22-23-24)18(27)25(19(17)28)12-8-6-11(20)7-9-12/h2-9,16-17H,10H2,1H3,(H,21,26). The summed E-state index contributed by atoms with van der Waals surface area (Å²) in [5.41, 5.74) is 0.707. The Morgan fingerprint density at radius 1 is 1.14 bits per heavy atom. The van der Waals surface area contributed by atoms with E-state index in [1.807, 2.05) is 0 Å². The zero-order chi connectivity index (χ0) is 20.5. The molecular formula is C19H16FN5O4. The van der Waals surface area contributed by atoms with E-state index in [1.165, 1.54) is 24.3 Å². The lowest BCUT2D eigenvalue weighted by Gasteiger charge is -2.20. The number of ether oxygens (including phenoxy) is 1. The lowest BCUT2D eigenvalue weighted by molar-refractivity contribution is -0.123. The molecule has 0 radical (unpaired) electrons. The van der Waals surface area contributed by atoms with Crippen molar-refractivity contribution in [1.82, 2.24) is 5.01 Å². The lowest BCUT2D eigenvalue weighted by atomic mass is 10.1. The van der Waals surface area contributed by atoms with Gasteiger partial charge >= 0.3 is 0 Å². The van der Waals surface area contributed by atoms with Crippen molar-refractivity contribution in [3.63, 3.8) is 0 Å². The molecule has 9 nitrogen and oxygen atoms in total. The van der Waals surface area contributed by atoms with E-state index >= 15 is 0 Å². The van der Waals surface area contributed by atoms with E-state index in [2.05, 4.69) is 15.7 Å². The summed E-state index contributed by atoms with van der Waals surface area (Å²) >= 11 is 0. The number of nitrogens with zero attached hydrogens (tertiary/aromatic N) is 4. The van der Waals surface area contributed by atoms with E-state index in [-0.39, 0.29) is 12.2 Å². The molecule has 4 rings (SSSR count). The third kappa shape index (κ3) is 3.28. The number of halogens is 1. The molecule has 2 unspecified atom stereocenters. The van der Waals surface area contributed by atoms with Gasteiger partial charge in [-0.25, -0.2) is 9.29 Å². The number of benzene rings is 2. The van der Waals surface area contributed by atoms with Crippen molar-refractivity contribution in [3.05, 3.63) is 54.3 Å². The molecule has 1 fully saturated rings. The van der Waals surface area contributed by atoms with Crippen LogP contribution in [0.4, 0.5) is 15.8 Å². The van der Waals surface area contributed by atoms with Crippen molar-refractivity contribution in [3.8, 4) is 5.75 Å². The van der Waals surface area contributed by atoms with Gasteiger partial charge in [0.15, 0.2) is 12.1 Å². The van der Waals surface area contributed by atoms with Crippen LogP contribution in [0.15, 0.2) is 58.9 Å². The van der Waals surface area contributed by atoms with E-state index in [4.69, 9.17) is 4.74 Å². The topological polar surface area (TPSA) is 104 Å². The predicted molar refractivity (Wildman–Crippen MR) is 99.7 cm³/mol. The van der Waals surface area contributed by atoms with Crippen LogP contribution in [-0.2, 0) is 14.4 Å². The molecule has 0 bridgehead atoms. The van der Waals surface area contributed by atoms with Crippen molar-refractivity contribution in [2.45, 2.75) is 12.1 Å². The second-order valence-corrected chi connectivity index (χ2v) is 6.43. The van der Waals surface area contributed by atoms with Gasteiger partial charge in [-0.1, -0.05) is 17.4 Å². The van der Waals surface area contributed by atoms with Gasteiger partial charge in [0.2, 0.25) is 5.91 Å². The van der Waals surface area contributed by atoms with Crippen molar-refractivity contribution in [1.29, 1.82) is 0 Å². The van der Waals surface area contributed by atoms with Crippen LogP contribution in [0, 0.1) is 5.82 Å². The molecule has 2 aromatic carbocycles. The number of hydrogen-bond acceptors (Lipinski definition) is 7. The first-order chi connectivity index (χ1) is 14.0. The molecular weight excluding hydrogens is 381 g/mol. The molecule has 148 valence electrons. The van der Waals surface area contributed by atoms with Gasteiger partial charge in [0.25, 0.3) is 11.8 Å². The average molecular weight is 397 g/mol. The summed E-state index contributed by atoms with van der Waals surface area (Å²) in [5.74, 6) is -1.59. The second kappa shape index (κ2) is 7.30. The fourth-order valence-corrected chi connectivity index (χ4v) is 3.28. The normalized spacial score (nSPS) is 20.2. The van der Waals surface area contributed by atoms with Crippen molar-refractivity contribution >= 4 is 29.1 Å². The fraction of sp³-hybridized carbons (Fsp3) is 0.211. The Morgan fingerprint density at radius 2 is 1.86 bits per heavy atom. The van der Waals surface area contributed by atoms with Gasteiger partial charge in [0.1, 0.15) is 18.1 Å². The van der Waals surface area contributed by atoms with E-state index in [1.54, 1.807) is 24.3 Å². The minimum atomic E-state index is -1.04. The van der Waals surface area contributed by atoms with Crippen LogP contribution in [0.1, 0.15) is 0 Å². The van der Waals surface area contributed by atoms with Crippen LogP contribution in [0.2, 0.25) is 0 Å². The summed E-state index contributed by atoms with van der Waals surface area (Å²) in [5, 5.41) is 11.5. The summed E-state index contributed by atoms with van der Waals surface area (Å²) in [6.07, 6.45) is 0. The first-order valence-corrected chi connectivity index (χ1v) is 8.73. The summed E-state index contributed by atoms with van der Waals surface area (Å²) in [4.78, 5) is 38.8. The summed E-state index contributed by atoms with van der Waals surface area (Å²) in [6.45, 7) is -0.279. The zero-order valence-electron chi connectivity index (χ0n) is 15.3. The maximum Gasteiger partial charge on any atom is 0.263 e. The third-order valence-corrected chi connectivity index (χ3v) is 4.63. The second-order valence-electron chi connectivity index (χ2n) is 6.43. The van der Waals surface area contributed by atoms with Gasteiger partial charge in [-0.2, -0.15) is 5.11 Å². The van der Waals surface area contributed by atoms with Crippen LogP contribution in [0.25, 0.3) is 0 Å². The number of anilines is 2. The van der Waals surface area contributed by atoms with Gasteiger partial charge < -0.3 is 10.1 Å². The highest BCUT2D eigenvalue weighted by Gasteiger charge is 2.55. The van der Waals surface area contributed by atoms with Crippen molar-refractivity contribution < 1.29 is 23.5 Å². The van der Waals surface area contributed by atoms with Crippen LogP contribution in [0.5, 0.6) is 5.75 Å². The Labute approximate surface area is 164 Å². The highest BCUT2D eigenvalue weighted by atomic mass is 19.1. The lowest BCUT2D eigenvalue weighted by Crippen LogP contribution is -2.43. The molecule has 3 amide bonds. The minimum absolute atomic E-state index is 0.240. The number of carbonyl (C=O) groups is 3. The highest BCUT2D eigenvalue weighted by molar-refractivity contribution is 6.25.